The van der Waals surface area contributed by atoms with E-state index in [1.165, 1.54) is 6.42 Å². The molecule has 0 unspecified atom stereocenters. The average Bonchev–Trinajstić information content (AvgIpc) is 3.22. The largest absolute Gasteiger partial charge is 0.327 e. The van der Waals surface area contributed by atoms with Crippen molar-refractivity contribution in [2.45, 2.75) is 38.1 Å². The maximum atomic E-state index is 12.5. The van der Waals surface area contributed by atoms with E-state index in [1.807, 2.05) is 33.4 Å². The fourth-order valence-electron chi connectivity index (χ4n) is 3.82. The van der Waals surface area contributed by atoms with E-state index < -0.39 is 0 Å². The molecule has 1 saturated carbocycles. The highest BCUT2D eigenvalue weighted by atomic mass is 16.1. The van der Waals surface area contributed by atoms with Crippen LogP contribution in [0.1, 0.15) is 38.1 Å². The van der Waals surface area contributed by atoms with E-state index in [4.69, 9.17) is 4.98 Å². The maximum absolute atomic E-state index is 12.5. The third-order valence-corrected chi connectivity index (χ3v) is 5.04. The molecule has 0 atom stereocenters. The molecule has 126 valence electrons. The Morgan fingerprint density at radius 1 is 1.08 bits per heavy atom. The summed E-state index contributed by atoms with van der Waals surface area (Å²) in [6.07, 6.45) is 11.0. The lowest BCUT2D eigenvalue weighted by Crippen LogP contribution is -2.24. The second-order valence-corrected chi connectivity index (χ2v) is 6.60. The number of fused-ring (bicyclic) bond motifs is 2. The molecule has 1 fully saturated rings. The second-order valence-electron chi connectivity index (χ2n) is 6.60. The molecular weight excluding hydrogens is 316 g/mol. The molecule has 0 saturated heterocycles. The van der Waals surface area contributed by atoms with E-state index in [0.717, 1.165) is 37.0 Å². The number of H-pyrrole nitrogens is 1. The van der Waals surface area contributed by atoms with Gasteiger partial charge in [0, 0.05) is 12.2 Å². The Hall–Kier alpha value is -2.96. The predicted octanol–water partition coefficient (Wildman–Crippen LogP) is 2.94. The molecular formula is C18H18N6O. The second kappa shape index (κ2) is 5.54. The van der Waals surface area contributed by atoms with Crippen molar-refractivity contribution in [2.75, 3.05) is 0 Å². The summed E-state index contributed by atoms with van der Waals surface area (Å²) in [6.45, 7) is 0. The van der Waals surface area contributed by atoms with Crippen LogP contribution in [-0.4, -0.2) is 28.9 Å². The summed E-state index contributed by atoms with van der Waals surface area (Å²) in [4.78, 5) is 28.9. The van der Waals surface area contributed by atoms with Crippen LogP contribution in [0.2, 0.25) is 0 Å². The van der Waals surface area contributed by atoms with Crippen molar-refractivity contribution >= 4 is 16.8 Å². The topological polar surface area (TPSA) is 80.9 Å². The number of nitrogens with zero attached hydrogens (tertiary/aromatic N) is 5. The number of hydrogen-bond donors (Lipinski definition) is 1. The zero-order valence-corrected chi connectivity index (χ0v) is 13.7. The number of rotatable bonds is 2. The molecule has 4 aromatic rings. The minimum absolute atomic E-state index is 0.0912. The molecule has 4 aromatic heterocycles. The highest BCUT2D eigenvalue weighted by molar-refractivity contribution is 5.72. The standard InChI is InChI=1S/C18H18N6O/c25-18-21-13-10-20-16(14-11-19-15-8-4-5-9-23(14)15)22-17(13)24(18)12-6-2-1-3-7-12/h4-5,8-12H,1-3,6-7H2,(H,21,25). The van der Waals surface area contributed by atoms with E-state index in [0.29, 0.717) is 17.0 Å². The molecule has 1 aliphatic carbocycles. The zero-order valence-electron chi connectivity index (χ0n) is 13.7. The van der Waals surface area contributed by atoms with Crippen molar-refractivity contribution in [3.63, 3.8) is 0 Å². The Morgan fingerprint density at radius 2 is 1.96 bits per heavy atom. The van der Waals surface area contributed by atoms with Gasteiger partial charge in [0.25, 0.3) is 0 Å². The van der Waals surface area contributed by atoms with Crippen molar-refractivity contribution < 1.29 is 0 Å². The Labute approximate surface area is 143 Å². The van der Waals surface area contributed by atoms with Gasteiger partial charge in [0.15, 0.2) is 11.5 Å². The molecule has 0 spiro atoms. The summed E-state index contributed by atoms with van der Waals surface area (Å²) in [5, 5.41) is 0. The first-order valence-corrected chi connectivity index (χ1v) is 8.71. The van der Waals surface area contributed by atoms with Crippen LogP contribution in [0.25, 0.3) is 28.3 Å². The normalized spacial score (nSPS) is 16.0. The molecule has 25 heavy (non-hydrogen) atoms. The molecule has 0 aromatic carbocycles. The maximum Gasteiger partial charge on any atom is 0.327 e. The summed E-state index contributed by atoms with van der Waals surface area (Å²) in [7, 11) is 0. The van der Waals surface area contributed by atoms with Gasteiger partial charge in [0.05, 0.1) is 12.4 Å². The predicted molar refractivity (Wildman–Crippen MR) is 94.5 cm³/mol. The first-order chi connectivity index (χ1) is 12.3. The number of aromatic amines is 1. The summed E-state index contributed by atoms with van der Waals surface area (Å²) < 4.78 is 3.78. The van der Waals surface area contributed by atoms with Crippen LogP contribution in [0.5, 0.6) is 0 Å². The highest BCUT2D eigenvalue weighted by Gasteiger charge is 2.21. The first-order valence-electron chi connectivity index (χ1n) is 8.71. The van der Waals surface area contributed by atoms with E-state index >= 15 is 0 Å². The van der Waals surface area contributed by atoms with Crippen LogP contribution < -0.4 is 5.69 Å². The van der Waals surface area contributed by atoms with Gasteiger partial charge in [0.1, 0.15) is 16.9 Å². The van der Waals surface area contributed by atoms with Crippen molar-refractivity contribution in [3.05, 3.63) is 47.3 Å². The Bertz CT molecular complexity index is 1120. The van der Waals surface area contributed by atoms with Crippen LogP contribution in [0.3, 0.4) is 0 Å². The number of imidazole rings is 2. The van der Waals surface area contributed by atoms with E-state index in [2.05, 4.69) is 15.0 Å². The summed E-state index contributed by atoms with van der Waals surface area (Å²) in [5.74, 6) is 0.578. The summed E-state index contributed by atoms with van der Waals surface area (Å²) >= 11 is 0. The Kier molecular flexibility index (Phi) is 3.19. The van der Waals surface area contributed by atoms with Gasteiger partial charge in [-0.25, -0.2) is 19.7 Å². The molecule has 0 amide bonds. The van der Waals surface area contributed by atoms with Crippen LogP contribution in [-0.2, 0) is 0 Å². The highest BCUT2D eigenvalue weighted by Crippen LogP contribution is 2.29. The van der Waals surface area contributed by atoms with Crippen molar-refractivity contribution in [1.29, 1.82) is 0 Å². The quantitative estimate of drug-likeness (QED) is 0.611. The van der Waals surface area contributed by atoms with Gasteiger partial charge in [-0.1, -0.05) is 25.3 Å². The molecule has 0 aliphatic heterocycles. The lowest BCUT2D eigenvalue weighted by atomic mass is 9.95. The van der Waals surface area contributed by atoms with Crippen molar-refractivity contribution in [1.82, 2.24) is 28.9 Å². The molecule has 5 rings (SSSR count). The molecule has 1 aliphatic rings. The monoisotopic (exact) mass is 334 g/mol. The van der Waals surface area contributed by atoms with Crippen molar-refractivity contribution in [2.24, 2.45) is 0 Å². The zero-order chi connectivity index (χ0) is 16.8. The van der Waals surface area contributed by atoms with Crippen LogP contribution >= 0.6 is 0 Å². The fraction of sp³-hybridized carbons (Fsp3) is 0.333. The average molecular weight is 334 g/mol. The molecule has 7 heteroatoms. The number of nitrogens with one attached hydrogen (secondary N) is 1. The lowest BCUT2D eigenvalue weighted by molar-refractivity contribution is 0.352. The molecule has 4 heterocycles. The molecule has 0 bridgehead atoms. The minimum Gasteiger partial charge on any atom is -0.303 e. The SMILES string of the molecule is O=c1[nH]c2cnc(-c3cnc4ccccn34)nc2n1C1CCCCC1. The number of hydrogen-bond acceptors (Lipinski definition) is 4. The summed E-state index contributed by atoms with van der Waals surface area (Å²) in [6, 6.07) is 6.06. The Balaban J connectivity index is 1.69. The molecule has 1 N–H and O–H groups in total. The number of aromatic nitrogens is 6. The Morgan fingerprint density at radius 3 is 2.84 bits per heavy atom. The van der Waals surface area contributed by atoms with E-state index in [1.54, 1.807) is 12.4 Å². The van der Waals surface area contributed by atoms with Gasteiger partial charge >= 0.3 is 5.69 Å². The van der Waals surface area contributed by atoms with Gasteiger partial charge in [-0.2, -0.15) is 0 Å². The van der Waals surface area contributed by atoms with Gasteiger partial charge in [-0.15, -0.1) is 0 Å². The molecule has 7 nitrogen and oxygen atoms in total. The van der Waals surface area contributed by atoms with E-state index in [-0.39, 0.29) is 11.7 Å². The fourth-order valence-corrected chi connectivity index (χ4v) is 3.82. The van der Waals surface area contributed by atoms with Crippen molar-refractivity contribution in [3.8, 4) is 11.5 Å². The van der Waals surface area contributed by atoms with Gasteiger partial charge < -0.3 is 4.98 Å². The number of pyridine rings is 1. The van der Waals surface area contributed by atoms with E-state index in [9.17, 15) is 4.79 Å². The molecule has 0 radical (unpaired) electrons. The third-order valence-electron chi connectivity index (χ3n) is 5.04. The summed E-state index contributed by atoms with van der Waals surface area (Å²) in [5.41, 5.74) is 2.95. The lowest BCUT2D eigenvalue weighted by Gasteiger charge is -2.22. The van der Waals surface area contributed by atoms with Crippen LogP contribution in [0.4, 0.5) is 0 Å². The van der Waals surface area contributed by atoms with Gasteiger partial charge in [0.2, 0.25) is 0 Å². The third kappa shape index (κ3) is 2.26. The smallest absolute Gasteiger partial charge is 0.303 e. The van der Waals surface area contributed by atoms with Gasteiger partial charge in [-0.3, -0.25) is 8.97 Å². The van der Waals surface area contributed by atoms with Crippen LogP contribution in [0.15, 0.2) is 41.6 Å². The first kappa shape index (κ1) is 14.4. The van der Waals surface area contributed by atoms with Crippen LogP contribution in [0, 0.1) is 0 Å². The van der Waals surface area contributed by atoms with Gasteiger partial charge in [-0.05, 0) is 25.0 Å². The minimum atomic E-state index is -0.0912.